The molecule has 4 N–H and O–H groups in total. The minimum absolute atomic E-state index is 0.733. The van der Waals surface area contributed by atoms with Crippen LogP contribution < -0.4 is 20.9 Å². The predicted octanol–water partition coefficient (Wildman–Crippen LogP) is 6.31. The van der Waals surface area contributed by atoms with Gasteiger partial charge in [-0.25, -0.2) is 0 Å². The Morgan fingerprint density at radius 1 is 0.500 bits per heavy atom. The third-order valence-electron chi connectivity index (χ3n) is 4.47. The zero-order valence-corrected chi connectivity index (χ0v) is 17.2. The standard InChI is InChI=1S/C19H17NO.C7H9NO/c1-14-2-4-15(5-3-14)16-6-10-18(11-7-16)21-19-12-8-17(20)9-13-19;1-9-7-4-2-6(8)3-5-7/h2-13H,20H2,1H3;2-5H,8H2,1H3. The number of anilines is 2. The molecule has 4 nitrogen and oxygen atoms in total. The summed E-state index contributed by atoms with van der Waals surface area (Å²) < 4.78 is 10.7. The average Bonchev–Trinajstić information content (AvgIpc) is 2.78. The summed E-state index contributed by atoms with van der Waals surface area (Å²) in [5.41, 5.74) is 16.2. The number of hydrogen-bond donors (Lipinski definition) is 2. The molecule has 4 aromatic carbocycles. The number of hydrogen-bond acceptors (Lipinski definition) is 4. The van der Waals surface area contributed by atoms with Crippen LogP contribution in [0.25, 0.3) is 11.1 Å². The van der Waals surface area contributed by atoms with E-state index in [4.69, 9.17) is 20.9 Å². The SMILES string of the molecule is COc1ccc(N)cc1.Cc1ccc(-c2ccc(Oc3ccc(N)cc3)cc2)cc1. The lowest BCUT2D eigenvalue weighted by atomic mass is 10.0. The zero-order valence-electron chi connectivity index (χ0n) is 17.2. The van der Waals surface area contributed by atoms with Crippen LogP contribution in [0.5, 0.6) is 17.2 Å². The molecule has 0 aromatic heterocycles. The number of benzene rings is 4. The molecule has 0 saturated heterocycles. The summed E-state index contributed by atoms with van der Waals surface area (Å²) in [4.78, 5) is 0. The molecule has 4 heteroatoms. The summed E-state index contributed by atoms with van der Waals surface area (Å²) in [5, 5.41) is 0. The molecule has 0 bridgehead atoms. The van der Waals surface area contributed by atoms with Crippen molar-refractivity contribution < 1.29 is 9.47 Å². The van der Waals surface area contributed by atoms with Gasteiger partial charge in [0.15, 0.2) is 0 Å². The summed E-state index contributed by atoms with van der Waals surface area (Å²) in [7, 11) is 1.63. The van der Waals surface area contributed by atoms with Crippen molar-refractivity contribution in [3.05, 3.63) is 103 Å². The molecule has 4 aromatic rings. The first-order chi connectivity index (χ1) is 14.5. The van der Waals surface area contributed by atoms with Crippen LogP contribution >= 0.6 is 0 Å². The van der Waals surface area contributed by atoms with Gasteiger partial charge in [0, 0.05) is 11.4 Å². The monoisotopic (exact) mass is 398 g/mol. The van der Waals surface area contributed by atoms with E-state index in [2.05, 4.69) is 43.3 Å². The van der Waals surface area contributed by atoms with Crippen LogP contribution in [0.1, 0.15) is 5.56 Å². The first kappa shape index (κ1) is 20.8. The topological polar surface area (TPSA) is 70.5 Å². The molecule has 0 radical (unpaired) electrons. The lowest BCUT2D eigenvalue weighted by molar-refractivity contribution is 0.415. The molecule has 0 saturated carbocycles. The molecule has 0 amide bonds. The molecule has 0 fully saturated rings. The fourth-order valence-electron chi connectivity index (χ4n) is 2.74. The van der Waals surface area contributed by atoms with Crippen molar-refractivity contribution in [3.8, 4) is 28.4 Å². The van der Waals surface area contributed by atoms with Gasteiger partial charge in [0.1, 0.15) is 17.2 Å². The highest BCUT2D eigenvalue weighted by atomic mass is 16.5. The van der Waals surface area contributed by atoms with E-state index in [1.807, 2.05) is 48.5 Å². The third-order valence-corrected chi connectivity index (χ3v) is 4.47. The van der Waals surface area contributed by atoms with Gasteiger partial charge in [-0.3, -0.25) is 0 Å². The smallest absolute Gasteiger partial charge is 0.127 e. The molecule has 0 spiro atoms. The fraction of sp³-hybridized carbons (Fsp3) is 0.0769. The van der Waals surface area contributed by atoms with Gasteiger partial charge in [-0.15, -0.1) is 0 Å². The van der Waals surface area contributed by atoms with Crippen LogP contribution in [-0.4, -0.2) is 7.11 Å². The van der Waals surface area contributed by atoms with E-state index >= 15 is 0 Å². The van der Waals surface area contributed by atoms with Crippen molar-refractivity contribution in [2.45, 2.75) is 6.92 Å². The Hall–Kier alpha value is -3.92. The molecular weight excluding hydrogens is 372 g/mol. The fourth-order valence-corrected chi connectivity index (χ4v) is 2.74. The highest BCUT2D eigenvalue weighted by Crippen LogP contribution is 2.26. The van der Waals surface area contributed by atoms with Crippen LogP contribution in [0.4, 0.5) is 11.4 Å². The van der Waals surface area contributed by atoms with E-state index in [1.165, 1.54) is 16.7 Å². The largest absolute Gasteiger partial charge is 0.497 e. The van der Waals surface area contributed by atoms with Crippen LogP contribution in [0.3, 0.4) is 0 Å². The molecule has 0 atom stereocenters. The number of nitrogen functional groups attached to an aromatic ring is 2. The summed E-state index contributed by atoms with van der Waals surface area (Å²) in [6.45, 7) is 2.09. The second-order valence-electron chi connectivity index (χ2n) is 6.83. The van der Waals surface area contributed by atoms with E-state index in [9.17, 15) is 0 Å². The van der Waals surface area contributed by atoms with E-state index in [1.54, 1.807) is 19.2 Å². The van der Waals surface area contributed by atoms with E-state index in [-0.39, 0.29) is 0 Å². The Balaban J connectivity index is 0.000000239. The van der Waals surface area contributed by atoms with Gasteiger partial charge >= 0.3 is 0 Å². The quantitative estimate of drug-likeness (QED) is 0.395. The second kappa shape index (κ2) is 10.0. The van der Waals surface area contributed by atoms with Gasteiger partial charge in [-0.1, -0.05) is 42.0 Å². The Kier molecular flexibility index (Phi) is 6.95. The maximum Gasteiger partial charge on any atom is 0.127 e. The van der Waals surface area contributed by atoms with Crippen LogP contribution in [0.2, 0.25) is 0 Å². The maximum atomic E-state index is 5.79. The minimum Gasteiger partial charge on any atom is -0.497 e. The van der Waals surface area contributed by atoms with Gasteiger partial charge in [-0.05, 0) is 78.7 Å². The first-order valence-electron chi connectivity index (χ1n) is 9.63. The molecule has 0 aliphatic rings. The van der Waals surface area contributed by atoms with E-state index in [0.29, 0.717) is 0 Å². The van der Waals surface area contributed by atoms with Gasteiger partial charge in [0.2, 0.25) is 0 Å². The van der Waals surface area contributed by atoms with Gasteiger partial charge < -0.3 is 20.9 Å². The molecular formula is C26H26N2O2. The van der Waals surface area contributed by atoms with Crippen molar-refractivity contribution in [1.29, 1.82) is 0 Å². The Labute approximate surface area is 177 Å². The number of aryl methyl sites for hydroxylation is 1. The zero-order chi connectivity index (χ0) is 21.3. The highest BCUT2D eigenvalue weighted by Gasteiger charge is 2.00. The third kappa shape index (κ3) is 6.04. The Morgan fingerprint density at radius 2 is 0.867 bits per heavy atom. The lowest BCUT2D eigenvalue weighted by Crippen LogP contribution is -1.87. The van der Waals surface area contributed by atoms with Crippen LogP contribution in [-0.2, 0) is 0 Å². The van der Waals surface area contributed by atoms with Crippen molar-refractivity contribution in [1.82, 2.24) is 0 Å². The summed E-state index contributed by atoms with van der Waals surface area (Å²) in [6.07, 6.45) is 0. The lowest BCUT2D eigenvalue weighted by Gasteiger charge is -2.07. The molecule has 0 unspecified atom stereocenters. The number of rotatable bonds is 4. The van der Waals surface area contributed by atoms with Crippen molar-refractivity contribution in [3.63, 3.8) is 0 Å². The van der Waals surface area contributed by atoms with Crippen LogP contribution in [0, 0.1) is 6.92 Å². The normalized spacial score (nSPS) is 9.93. The summed E-state index contributed by atoms with van der Waals surface area (Å²) in [5.74, 6) is 2.44. The molecule has 4 rings (SSSR count). The van der Waals surface area contributed by atoms with Gasteiger partial charge in [0.05, 0.1) is 7.11 Å². The molecule has 0 heterocycles. The first-order valence-corrected chi connectivity index (χ1v) is 9.63. The molecule has 0 aliphatic carbocycles. The Morgan fingerprint density at radius 3 is 1.30 bits per heavy atom. The van der Waals surface area contributed by atoms with E-state index in [0.717, 1.165) is 28.6 Å². The Bertz CT molecular complexity index is 1040. The van der Waals surface area contributed by atoms with Crippen molar-refractivity contribution in [2.75, 3.05) is 18.6 Å². The molecule has 30 heavy (non-hydrogen) atoms. The molecule has 152 valence electrons. The van der Waals surface area contributed by atoms with Crippen molar-refractivity contribution in [2.24, 2.45) is 0 Å². The highest BCUT2D eigenvalue weighted by molar-refractivity contribution is 5.64. The van der Waals surface area contributed by atoms with E-state index < -0.39 is 0 Å². The number of methoxy groups -OCH3 is 1. The van der Waals surface area contributed by atoms with Gasteiger partial charge in [-0.2, -0.15) is 0 Å². The minimum atomic E-state index is 0.733. The predicted molar refractivity (Wildman–Crippen MR) is 125 cm³/mol. The van der Waals surface area contributed by atoms with Crippen molar-refractivity contribution >= 4 is 11.4 Å². The number of nitrogens with two attached hydrogens (primary N) is 2. The maximum absolute atomic E-state index is 5.79. The second-order valence-corrected chi connectivity index (χ2v) is 6.83. The summed E-state index contributed by atoms with van der Waals surface area (Å²) in [6, 6.07) is 31.2. The average molecular weight is 399 g/mol. The van der Waals surface area contributed by atoms with Crippen LogP contribution in [0.15, 0.2) is 97.1 Å². The molecule has 0 aliphatic heterocycles. The van der Waals surface area contributed by atoms with Gasteiger partial charge in [0.25, 0.3) is 0 Å². The number of ether oxygens (including phenoxy) is 2. The summed E-state index contributed by atoms with van der Waals surface area (Å²) >= 11 is 0.